The number of benzene rings is 2. The van der Waals surface area contributed by atoms with Crippen LogP contribution in [0.5, 0.6) is 11.5 Å². The average molecular weight is 506 g/mol. The van der Waals surface area contributed by atoms with Crippen molar-refractivity contribution in [3.05, 3.63) is 69.2 Å². The van der Waals surface area contributed by atoms with E-state index in [4.69, 9.17) is 21.1 Å². The van der Waals surface area contributed by atoms with Gasteiger partial charge in [0.15, 0.2) is 11.5 Å². The summed E-state index contributed by atoms with van der Waals surface area (Å²) in [5.41, 5.74) is 1.22. The number of carbonyl (C=O) groups is 3. The van der Waals surface area contributed by atoms with Crippen molar-refractivity contribution in [3.8, 4) is 11.5 Å². The number of aryl methyl sites for hydroxylation is 1. The zero-order valence-electron chi connectivity index (χ0n) is 16.7. The molecule has 160 valence electrons. The van der Waals surface area contributed by atoms with Crippen molar-refractivity contribution in [2.75, 3.05) is 18.6 Å². The second-order valence-electron chi connectivity index (χ2n) is 6.52. The van der Waals surface area contributed by atoms with Gasteiger partial charge in [0.2, 0.25) is 0 Å². The molecule has 1 fully saturated rings. The summed E-state index contributed by atoms with van der Waals surface area (Å²) in [7, 11) is 1.47. The van der Waals surface area contributed by atoms with Crippen LogP contribution in [0.3, 0.4) is 0 Å². The number of amides is 4. The fourth-order valence-electron chi connectivity index (χ4n) is 2.97. The molecule has 7 nitrogen and oxygen atoms in total. The third-order valence-corrected chi connectivity index (χ3v) is 5.25. The van der Waals surface area contributed by atoms with Crippen LogP contribution in [0.4, 0.5) is 10.5 Å². The lowest BCUT2D eigenvalue weighted by Crippen LogP contribution is -2.54. The maximum Gasteiger partial charge on any atom is 0.335 e. The van der Waals surface area contributed by atoms with Gasteiger partial charge in [-0.25, -0.2) is 9.69 Å². The number of methoxy groups -OCH3 is 1. The number of urea groups is 1. The topological polar surface area (TPSA) is 84.9 Å². The largest absolute Gasteiger partial charge is 0.493 e. The number of halogens is 2. The predicted octanol–water partition coefficient (Wildman–Crippen LogP) is 4.65. The lowest BCUT2D eigenvalue weighted by atomic mass is 10.1. The summed E-state index contributed by atoms with van der Waals surface area (Å²) in [5, 5.41) is 2.55. The summed E-state index contributed by atoms with van der Waals surface area (Å²) in [5.74, 6) is -0.713. The van der Waals surface area contributed by atoms with Crippen molar-refractivity contribution in [1.82, 2.24) is 5.32 Å². The zero-order valence-corrected chi connectivity index (χ0v) is 19.0. The Labute approximate surface area is 192 Å². The number of hydrogen-bond acceptors (Lipinski definition) is 5. The highest BCUT2D eigenvalue weighted by atomic mass is 79.9. The average Bonchev–Trinajstić information content (AvgIpc) is 2.72. The summed E-state index contributed by atoms with van der Waals surface area (Å²) in [6.45, 7) is 5.61. The quantitative estimate of drug-likeness (QED) is 0.351. The minimum Gasteiger partial charge on any atom is -0.493 e. The zero-order chi connectivity index (χ0) is 22.7. The highest BCUT2D eigenvalue weighted by Crippen LogP contribution is 2.37. The van der Waals surface area contributed by atoms with Crippen LogP contribution < -0.4 is 19.7 Å². The van der Waals surface area contributed by atoms with E-state index in [-0.39, 0.29) is 12.2 Å². The van der Waals surface area contributed by atoms with Crippen LogP contribution in [-0.4, -0.2) is 31.6 Å². The van der Waals surface area contributed by atoms with E-state index < -0.39 is 17.8 Å². The van der Waals surface area contributed by atoms with E-state index in [2.05, 4.69) is 27.8 Å². The second kappa shape index (κ2) is 9.36. The molecule has 1 N–H and O–H groups in total. The summed E-state index contributed by atoms with van der Waals surface area (Å²) in [4.78, 5) is 38.9. The third kappa shape index (κ3) is 4.65. The molecule has 0 saturated carbocycles. The van der Waals surface area contributed by atoms with Gasteiger partial charge in [-0.2, -0.15) is 0 Å². The van der Waals surface area contributed by atoms with Crippen molar-refractivity contribution in [1.29, 1.82) is 0 Å². The number of rotatable bonds is 6. The number of imide groups is 2. The van der Waals surface area contributed by atoms with Crippen molar-refractivity contribution in [2.45, 2.75) is 6.92 Å². The minimum absolute atomic E-state index is 0.215. The molecule has 9 heteroatoms. The van der Waals surface area contributed by atoms with Crippen LogP contribution in [0.15, 0.2) is 53.0 Å². The van der Waals surface area contributed by atoms with Gasteiger partial charge in [-0.15, -0.1) is 0 Å². The van der Waals surface area contributed by atoms with E-state index in [1.165, 1.54) is 19.3 Å². The lowest BCUT2D eigenvalue weighted by Gasteiger charge is -2.27. The Balaban J connectivity index is 2.05. The van der Waals surface area contributed by atoms with Crippen molar-refractivity contribution in [3.63, 3.8) is 0 Å². The minimum atomic E-state index is -0.843. The first kappa shape index (κ1) is 22.6. The molecule has 31 heavy (non-hydrogen) atoms. The predicted molar refractivity (Wildman–Crippen MR) is 122 cm³/mol. The van der Waals surface area contributed by atoms with Crippen LogP contribution in [0, 0.1) is 6.92 Å². The van der Waals surface area contributed by atoms with E-state index in [1.54, 1.807) is 37.3 Å². The molecular formula is C22H18BrClN2O5. The van der Waals surface area contributed by atoms with Crippen LogP contribution in [-0.2, 0) is 9.59 Å². The molecule has 2 aromatic rings. The Morgan fingerprint density at radius 2 is 1.97 bits per heavy atom. The number of ether oxygens (including phenoxy) is 2. The molecule has 0 aliphatic carbocycles. The van der Waals surface area contributed by atoms with E-state index in [1.807, 2.05) is 0 Å². The normalized spacial score (nSPS) is 15.2. The molecule has 1 aliphatic heterocycles. The first-order valence-electron chi connectivity index (χ1n) is 9.05. The van der Waals surface area contributed by atoms with Crippen molar-refractivity contribution >= 4 is 57.1 Å². The fraction of sp³-hybridized carbons (Fsp3) is 0.136. The van der Waals surface area contributed by atoms with Gasteiger partial charge in [-0.1, -0.05) is 30.3 Å². The van der Waals surface area contributed by atoms with E-state index in [0.717, 1.165) is 4.90 Å². The Morgan fingerprint density at radius 3 is 2.65 bits per heavy atom. The van der Waals surface area contributed by atoms with Gasteiger partial charge in [0.1, 0.15) is 12.2 Å². The van der Waals surface area contributed by atoms with E-state index in [9.17, 15) is 14.4 Å². The molecular weight excluding hydrogens is 488 g/mol. The molecule has 1 heterocycles. The van der Waals surface area contributed by atoms with Gasteiger partial charge in [-0.05, 0) is 64.3 Å². The van der Waals surface area contributed by atoms with Crippen LogP contribution in [0.1, 0.15) is 11.1 Å². The monoisotopic (exact) mass is 504 g/mol. The van der Waals surface area contributed by atoms with Gasteiger partial charge in [0.05, 0.1) is 17.3 Å². The van der Waals surface area contributed by atoms with Crippen molar-refractivity contribution < 1.29 is 23.9 Å². The number of hydrogen-bond donors (Lipinski definition) is 1. The van der Waals surface area contributed by atoms with Gasteiger partial charge in [-0.3, -0.25) is 14.9 Å². The molecule has 1 saturated heterocycles. The molecule has 3 rings (SSSR count). The van der Waals surface area contributed by atoms with Crippen LogP contribution in [0.25, 0.3) is 6.08 Å². The van der Waals surface area contributed by atoms with Crippen molar-refractivity contribution in [2.24, 2.45) is 0 Å². The molecule has 4 amide bonds. The lowest BCUT2D eigenvalue weighted by molar-refractivity contribution is -0.122. The Bertz CT molecular complexity index is 1130. The maximum absolute atomic E-state index is 13.1. The van der Waals surface area contributed by atoms with E-state index in [0.29, 0.717) is 37.8 Å². The number of carbonyl (C=O) groups excluding carboxylic acids is 3. The number of anilines is 1. The number of nitrogens with zero attached hydrogens (tertiary/aromatic N) is 1. The highest BCUT2D eigenvalue weighted by molar-refractivity contribution is 9.10. The van der Waals surface area contributed by atoms with Crippen LogP contribution in [0.2, 0.25) is 5.02 Å². The number of nitrogens with one attached hydrogen (secondary N) is 1. The Kier molecular flexibility index (Phi) is 6.82. The fourth-order valence-corrected chi connectivity index (χ4v) is 3.71. The number of barbiturate groups is 1. The molecule has 1 aliphatic rings. The second-order valence-corrected chi connectivity index (χ2v) is 7.81. The molecule has 0 aromatic heterocycles. The molecule has 0 atom stereocenters. The Morgan fingerprint density at radius 1 is 1.23 bits per heavy atom. The third-order valence-electron chi connectivity index (χ3n) is 4.42. The SMILES string of the molecule is C=CCOc1c(Br)cc(/C=C2\C(=O)NC(=O)N(c3cc(Cl)ccc3C)C2=O)cc1OC. The summed E-state index contributed by atoms with van der Waals surface area (Å²) in [6.07, 6.45) is 2.97. The first-order chi connectivity index (χ1) is 14.8. The molecule has 0 unspecified atom stereocenters. The first-order valence-corrected chi connectivity index (χ1v) is 10.2. The van der Waals surface area contributed by atoms with Gasteiger partial charge >= 0.3 is 6.03 Å². The summed E-state index contributed by atoms with van der Waals surface area (Å²) in [6, 6.07) is 7.26. The molecule has 2 aromatic carbocycles. The standard InChI is InChI=1S/C22H18BrClN2O5/c1-4-7-31-19-16(23)9-13(10-18(19)30-3)8-15-20(27)25-22(29)26(21(15)28)17-11-14(24)6-5-12(17)2/h4-6,8-11H,1,7H2,2-3H3,(H,25,27,29)/b15-8+. The van der Waals surface area contributed by atoms with Gasteiger partial charge < -0.3 is 9.47 Å². The smallest absolute Gasteiger partial charge is 0.335 e. The van der Waals surface area contributed by atoms with E-state index >= 15 is 0 Å². The highest BCUT2D eigenvalue weighted by Gasteiger charge is 2.37. The van der Waals surface area contributed by atoms with Crippen LogP contribution >= 0.6 is 27.5 Å². The molecule has 0 spiro atoms. The summed E-state index contributed by atoms with van der Waals surface area (Å²) < 4.78 is 11.5. The van der Waals surface area contributed by atoms with Gasteiger partial charge in [0.25, 0.3) is 11.8 Å². The van der Waals surface area contributed by atoms with Gasteiger partial charge in [0, 0.05) is 5.02 Å². The molecule has 0 radical (unpaired) electrons. The Hall–Kier alpha value is -3.10. The maximum atomic E-state index is 13.1. The molecule has 0 bridgehead atoms. The summed E-state index contributed by atoms with van der Waals surface area (Å²) >= 11 is 9.45.